The predicted molar refractivity (Wildman–Crippen MR) is 94.5 cm³/mol. The largest absolute Gasteiger partial charge is 0.456 e. The summed E-state index contributed by atoms with van der Waals surface area (Å²) in [6, 6.07) is 12.6. The van der Waals surface area contributed by atoms with Crippen LogP contribution in [0.15, 0.2) is 40.8 Å². The molecule has 132 valence electrons. The van der Waals surface area contributed by atoms with Crippen LogP contribution >= 0.6 is 0 Å². The highest BCUT2D eigenvalue weighted by Gasteiger charge is 2.42. The third-order valence-electron chi connectivity index (χ3n) is 5.31. The van der Waals surface area contributed by atoms with Crippen LogP contribution in [0.5, 0.6) is 0 Å². The molecule has 0 N–H and O–H groups in total. The number of furan rings is 1. The van der Waals surface area contributed by atoms with E-state index >= 15 is 0 Å². The first kappa shape index (κ1) is 16.4. The van der Waals surface area contributed by atoms with E-state index in [0.29, 0.717) is 18.8 Å². The van der Waals surface area contributed by atoms with Crippen molar-refractivity contribution in [2.75, 3.05) is 26.2 Å². The van der Waals surface area contributed by atoms with E-state index in [1.165, 1.54) is 5.56 Å². The summed E-state index contributed by atoms with van der Waals surface area (Å²) in [5.74, 6) is 1.21. The Bertz CT molecular complexity index is 736. The van der Waals surface area contributed by atoms with Gasteiger partial charge in [-0.1, -0.05) is 30.3 Å². The molecular weight excluding hydrogens is 316 g/mol. The number of ether oxygens (including phenoxy) is 1. The molecule has 2 fully saturated rings. The topological polar surface area (TPSA) is 45.9 Å². The van der Waals surface area contributed by atoms with Crippen molar-refractivity contribution in [3.8, 4) is 0 Å². The molecule has 0 saturated carbocycles. The van der Waals surface area contributed by atoms with Gasteiger partial charge in [0, 0.05) is 26.2 Å². The monoisotopic (exact) mass is 340 g/mol. The van der Waals surface area contributed by atoms with Gasteiger partial charge in [0.15, 0.2) is 5.76 Å². The molecule has 2 aromatic rings. The molecule has 5 heteroatoms. The number of aryl methyl sites for hydroxylation is 2. The van der Waals surface area contributed by atoms with Crippen molar-refractivity contribution in [1.82, 2.24) is 9.80 Å². The summed E-state index contributed by atoms with van der Waals surface area (Å²) >= 11 is 0. The van der Waals surface area contributed by atoms with Gasteiger partial charge >= 0.3 is 0 Å². The number of carbonyl (C=O) groups is 1. The molecular formula is C20H24N2O3. The molecule has 1 amide bonds. The minimum Gasteiger partial charge on any atom is -0.456 e. The Morgan fingerprint density at radius 3 is 2.72 bits per heavy atom. The number of morpholine rings is 1. The molecule has 1 aromatic heterocycles. The third-order valence-corrected chi connectivity index (χ3v) is 5.31. The Balaban J connectivity index is 1.47. The number of benzene rings is 1. The molecule has 0 aliphatic carbocycles. The van der Waals surface area contributed by atoms with Gasteiger partial charge in [-0.3, -0.25) is 9.69 Å². The zero-order chi connectivity index (χ0) is 17.4. The molecule has 3 heterocycles. The normalized spacial score (nSPS) is 23.7. The Labute approximate surface area is 148 Å². The lowest BCUT2D eigenvalue weighted by molar-refractivity contribution is -0.0503. The second-order valence-corrected chi connectivity index (χ2v) is 6.99. The van der Waals surface area contributed by atoms with Crippen LogP contribution in [0.4, 0.5) is 0 Å². The fourth-order valence-electron chi connectivity index (χ4n) is 3.77. The number of hydrogen-bond donors (Lipinski definition) is 0. The quantitative estimate of drug-likeness (QED) is 0.862. The molecule has 0 bridgehead atoms. The standard InChI is InChI=1S/C20H24N2O3/c1-14-10-18(25-15(14)2)20(23)22-12-17-19(13-22)24-9-8-21(17)11-16-6-4-3-5-7-16/h3-7,10,17,19H,8-9,11-13H2,1-2H3/t17-,19+/m0/s1. The van der Waals surface area contributed by atoms with Gasteiger partial charge < -0.3 is 14.1 Å². The van der Waals surface area contributed by atoms with Crippen LogP contribution in [0.25, 0.3) is 0 Å². The van der Waals surface area contributed by atoms with Gasteiger partial charge in [-0.25, -0.2) is 0 Å². The van der Waals surface area contributed by atoms with Crippen LogP contribution in [0, 0.1) is 13.8 Å². The van der Waals surface area contributed by atoms with E-state index in [4.69, 9.17) is 9.15 Å². The van der Waals surface area contributed by atoms with Crippen LogP contribution in [0.3, 0.4) is 0 Å². The van der Waals surface area contributed by atoms with E-state index in [1.54, 1.807) is 0 Å². The maximum absolute atomic E-state index is 12.8. The number of rotatable bonds is 3. The highest BCUT2D eigenvalue weighted by molar-refractivity contribution is 5.92. The number of likely N-dealkylation sites (tertiary alicyclic amines) is 1. The summed E-state index contributed by atoms with van der Waals surface area (Å²) in [5.41, 5.74) is 2.31. The molecule has 2 atom stereocenters. The summed E-state index contributed by atoms with van der Waals surface area (Å²) in [4.78, 5) is 17.1. The lowest BCUT2D eigenvalue weighted by Gasteiger charge is -2.36. The van der Waals surface area contributed by atoms with Crippen LogP contribution in [0.2, 0.25) is 0 Å². The Morgan fingerprint density at radius 1 is 1.20 bits per heavy atom. The van der Waals surface area contributed by atoms with Gasteiger partial charge in [0.1, 0.15) is 5.76 Å². The minimum absolute atomic E-state index is 0.0335. The van der Waals surface area contributed by atoms with Crippen molar-refractivity contribution in [3.05, 3.63) is 59.0 Å². The highest BCUT2D eigenvalue weighted by atomic mass is 16.5. The third kappa shape index (κ3) is 3.22. The molecule has 2 saturated heterocycles. The zero-order valence-electron chi connectivity index (χ0n) is 14.8. The molecule has 4 rings (SSSR count). The van der Waals surface area contributed by atoms with Gasteiger partial charge in [-0.15, -0.1) is 0 Å². The highest BCUT2D eigenvalue weighted by Crippen LogP contribution is 2.26. The zero-order valence-corrected chi connectivity index (χ0v) is 14.8. The lowest BCUT2D eigenvalue weighted by Crippen LogP contribution is -2.50. The smallest absolute Gasteiger partial charge is 0.289 e. The number of fused-ring (bicyclic) bond motifs is 1. The number of nitrogens with zero attached hydrogens (tertiary/aromatic N) is 2. The molecule has 5 nitrogen and oxygen atoms in total. The van der Waals surface area contributed by atoms with E-state index in [0.717, 1.165) is 31.0 Å². The molecule has 2 aliphatic rings. The molecule has 0 spiro atoms. The van der Waals surface area contributed by atoms with Crippen molar-refractivity contribution in [3.63, 3.8) is 0 Å². The van der Waals surface area contributed by atoms with Gasteiger partial charge in [-0.2, -0.15) is 0 Å². The summed E-state index contributed by atoms with van der Waals surface area (Å²) in [6.07, 6.45) is 0.0820. The van der Waals surface area contributed by atoms with E-state index in [9.17, 15) is 4.79 Å². The van der Waals surface area contributed by atoms with Crippen molar-refractivity contribution >= 4 is 5.91 Å². The molecule has 2 aliphatic heterocycles. The van der Waals surface area contributed by atoms with Crippen LogP contribution in [-0.2, 0) is 11.3 Å². The minimum atomic E-state index is -0.0335. The molecule has 0 radical (unpaired) electrons. The van der Waals surface area contributed by atoms with Crippen molar-refractivity contribution < 1.29 is 13.9 Å². The van der Waals surface area contributed by atoms with Crippen molar-refractivity contribution in [2.45, 2.75) is 32.5 Å². The average Bonchev–Trinajstić information content (AvgIpc) is 3.20. The number of amides is 1. The fraction of sp³-hybridized carbons (Fsp3) is 0.450. The number of hydrogen-bond acceptors (Lipinski definition) is 4. The summed E-state index contributed by atoms with van der Waals surface area (Å²) < 4.78 is 11.6. The number of carbonyl (C=O) groups excluding carboxylic acids is 1. The van der Waals surface area contributed by atoms with Gasteiger partial charge in [0.25, 0.3) is 5.91 Å². The predicted octanol–water partition coefficient (Wildman–Crippen LogP) is 2.62. The summed E-state index contributed by atoms with van der Waals surface area (Å²) in [7, 11) is 0. The summed E-state index contributed by atoms with van der Waals surface area (Å²) in [5, 5.41) is 0. The Kier molecular flexibility index (Phi) is 4.36. The average molecular weight is 340 g/mol. The van der Waals surface area contributed by atoms with Gasteiger partial charge in [0.05, 0.1) is 18.8 Å². The Morgan fingerprint density at radius 2 is 2.00 bits per heavy atom. The van der Waals surface area contributed by atoms with E-state index in [1.807, 2.05) is 30.9 Å². The summed E-state index contributed by atoms with van der Waals surface area (Å²) in [6.45, 7) is 7.69. The second-order valence-electron chi connectivity index (χ2n) is 6.99. The van der Waals surface area contributed by atoms with Crippen molar-refractivity contribution in [1.29, 1.82) is 0 Å². The van der Waals surface area contributed by atoms with Crippen LogP contribution in [-0.4, -0.2) is 54.1 Å². The van der Waals surface area contributed by atoms with Crippen LogP contribution < -0.4 is 0 Å². The lowest BCUT2D eigenvalue weighted by atomic mass is 10.1. The van der Waals surface area contributed by atoms with Gasteiger partial charge in [0.2, 0.25) is 0 Å². The van der Waals surface area contributed by atoms with Gasteiger partial charge in [-0.05, 0) is 31.0 Å². The SMILES string of the molecule is Cc1cc(C(=O)N2C[C@H]3OCCN(Cc4ccccc4)[C@H]3C2)oc1C. The first-order valence-corrected chi connectivity index (χ1v) is 8.87. The maximum atomic E-state index is 12.8. The Hall–Kier alpha value is -2.11. The van der Waals surface area contributed by atoms with Crippen molar-refractivity contribution in [2.24, 2.45) is 0 Å². The first-order valence-electron chi connectivity index (χ1n) is 8.87. The van der Waals surface area contributed by atoms with E-state index < -0.39 is 0 Å². The van der Waals surface area contributed by atoms with E-state index in [2.05, 4.69) is 29.2 Å². The maximum Gasteiger partial charge on any atom is 0.289 e. The molecule has 1 aromatic carbocycles. The molecule has 25 heavy (non-hydrogen) atoms. The second kappa shape index (κ2) is 6.65. The van der Waals surface area contributed by atoms with Crippen LogP contribution in [0.1, 0.15) is 27.4 Å². The fourth-order valence-corrected chi connectivity index (χ4v) is 3.77. The first-order chi connectivity index (χ1) is 12.1. The van der Waals surface area contributed by atoms with E-state index in [-0.39, 0.29) is 18.1 Å². The molecule has 0 unspecified atom stereocenters.